The van der Waals surface area contributed by atoms with Crippen molar-refractivity contribution in [2.45, 2.75) is 57.2 Å². The second kappa shape index (κ2) is 12.5. The Hall–Kier alpha value is -4.02. The van der Waals surface area contributed by atoms with Gasteiger partial charge in [-0.2, -0.15) is 0 Å². The first-order chi connectivity index (χ1) is 20.4. The molecule has 3 aromatic rings. The predicted molar refractivity (Wildman–Crippen MR) is 162 cm³/mol. The van der Waals surface area contributed by atoms with Crippen molar-refractivity contribution in [3.05, 3.63) is 77.1 Å². The van der Waals surface area contributed by atoms with Crippen molar-refractivity contribution in [3.63, 3.8) is 0 Å². The molecule has 1 saturated carbocycles. The maximum absolute atomic E-state index is 13.1. The van der Waals surface area contributed by atoms with Gasteiger partial charge in [0.25, 0.3) is 11.8 Å². The topological polar surface area (TPSA) is 126 Å². The number of anilines is 3. The fourth-order valence-electron chi connectivity index (χ4n) is 5.87. The van der Waals surface area contributed by atoms with Gasteiger partial charge in [-0.25, -0.2) is 9.97 Å². The van der Waals surface area contributed by atoms with Crippen molar-refractivity contribution in [2.75, 3.05) is 43.1 Å². The van der Waals surface area contributed by atoms with E-state index in [1.54, 1.807) is 6.20 Å². The molecule has 10 heteroatoms. The van der Waals surface area contributed by atoms with E-state index in [2.05, 4.69) is 56.6 Å². The average Bonchev–Trinajstić information content (AvgIpc) is 3.86. The third kappa shape index (κ3) is 6.55. The Morgan fingerprint density at radius 2 is 1.74 bits per heavy atom. The maximum atomic E-state index is 13.1. The largest absolute Gasteiger partial charge is 0.379 e. The molecule has 2 amide bonds. The lowest BCUT2D eigenvalue weighted by molar-refractivity contribution is 0.0342. The lowest BCUT2D eigenvalue weighted by atomic mass is 9.97. The van der Waals surface area contributed by atoms with Gasteiger partial charge in [0.05, 0.1) is 19.4 Å². The highest BCUT2D eigenvalue weighted by atomic mass is 16.5. The zero-order valence-electron chi connectivity index (χ0n) is 24.1. The second-order valence-electron chi connectivity index (χ2n) is 11.6. The number of carbonyl (C=O) groups excluding carboxylic acids is 2. The van der Waals surface area contributed by atoms with Crippen LogP contribution in [0.4, 0.5) is 17.3 Å². The third-order valence-corrected chi connectivity index (χ3v) is 8.54. The number of amides is 2. The number of hydrogen-bond donors (Lipinski definition) is 3. The zero-order valence-corrected chi connectivity index (χ0v) is 24.1. The van der Waals surface area contributed by atoms with E-state index >= 15 is 0 Å². The first-order valence-corrected chi connectivity index (χ1v) is 14.9. The average molecular weight is 570 g/mol. The molecule has 2 aromatic carbocycles. The van der Waals surface area contributed by atoms with Gasteiger partial charge in [-0.05, 0) is 73.9 Å². The molecule has 1 aliphatic carbocycles. The number of benzene rings is 2. The monoisotopic (exact) mass is 569 g/mol. The number of rotatable bonds is 9. The summed E-state index contributed by atoms with van der Waals surface area (Å²) in [5.74, 6) is 0.896. The van der Waals surface area contributed by atoms with Crippen molar-refractivity contribution in [1.29, 1.82) is 0 Å². The lowest BCUT2D eigenvalue weighted by Gasteiger charge is -2.40. The molecule has 0 spiro atoms. The minimum atomic E-state index is -0.648. The van der Waals surface area contributed by atoms with Crippen LogP contribution in [0.1, 0.15) is 70.5 Å². The summed E-state index contributed by atoms with van der Waals surface area (Å²) in [5.41, 5.74) is 9.72. The van der Waals surface area contributed by atoms with E-state index in [1.165, 1.54) is 24.0 Å². The highest BCUT2D eigenvalue weighted by Gasteiger charge is 2.31. The number of nitrogens with two attached hydrogens (primary N) is 1. The highest BCUT2D eigenvalue weighted by molar-refractivity contribution is 5.96. The van der Waals surface area contributed by atoms with Crippen molar-refractivity contribution in [2.24, 2.45) is 5.73 Å². The van der Waals surface area contributed by atoms with Gasteiger partial charge in [0.2, 0.25) is 0 Å². The summed E-state index contributed by atoms with van der Waals surface area (Å²) in [7, 11) is 0. The maximum Gasteiger partial charge on any atom is 0.271 e. The number of hydrogen-bond acceptors (Lipinski definition) is 8. The number of carbonyl (C=O) groups is 2. The SMILES string of the molecule is C[C@@H]1[C@H](NC(=O)c2ccc(C3CC3)cc2)CCCN1c1cnc(C(N)=O)c(Nc2ccc(CN3CCOCC3)cc2)n1. The summed E-state index contributed by atoms with van der Waals surface area (Å²) >= 11 is 0. The van der Waals surface area contributed by atoms with Crippen LogP contribution in [0.3, 0.4) is 0 Å². The Balaban J connectivity index is 1.14. The molecule has 0 radical (unpaired) electrons. The van der Waals surface area contributed by atoms with E-state index in [-0.39, 0.29) is 23.7 Å². The van der Waals surface area contributed by atoms with E-state index in [0.29, 0.717) is 23.1 Å². The summed E-state index contributed by atoms with van der Waals surface area (Å²) in [6.45, 7) is 7.10. The molecule has 2 aliphatic heterocycles. The normalized spacial score (nSPS) is 21.1. The number of ether oxygens (including phenoxy) is 1. The quantitative estimate of drug-likeness (QED) is 0.355. The van der Waals surface area contributed by atoms with Gasteiger partial charge in [0, 0.05) is 49.5 Å². The molecule has 220 valence electrons. The van der Waals surface area contributed by atoms with Crippen LogP contribution in [0.15, 0.2) is 54.7 Å². The Morgan fingerprint density at radius 1 is 1.00 bits per heavy atom. The molecule has 2 saturated heterocycles. The van der Waals surface area contributed by atoms with Crippen LogP contribution in [0.5, 0.6) is 0 Å². The number of nitrogens with zero attached hydrogens (tertiary/aromatic N) is 4. The van der Waals surface area contributed by atoms with E-state index in [0.717, 1.165) is 57.9 Å². The fraction of sp³-hybridized carbons (Fsp3) is 0.438. The van der Waals surface area contributed by atoms with E-state index in [1.807, 2.05) is 24.3 Å². The smallest absolute Gasteiger partial charge is 0.271 e. The molecule has 4 N–H and O–H groups in total. The van der Waals surface area contributed by atoms with Crippen molar-refractivity contribution < 1.29 is 14.3 Å². The Morgan fingerprint density at radius 3 is 2.43 bits per heavy atom. The number of aromatic nitrogens is 2. The molecule has 10 nitrogen and oxygen atoms in total. The molecule has 0 bridgehead atoms. The van der Waals surface area contributed by atoms with Gasteiger partial charge in [-0.1, -0.05) is 24.3 Å². The molecule has 3 aliphatic rings. The Bertz CT molecular complexity index is 1400. The van der Waals surface area contributed by atoms with E-state index in [4.69, 9.17) is 15.5 Å². The Kier molecular flexibility index (Phi) is 8.34. The molecular weight excluding hydrogens is 530 g/mol. The minimum Gasteiger partial charge on any atom is -0.379 e. The van der Waals surface area contributed by atoms with Gasteiger partial charge < -0.3 is 26.0 Å². The van der Waals surface area contributed by atoms with Crippen molar-refractivity contribution in [1.82, 2.24) is 20.2 Å². The third-order valence-electron chi connectivity index (χ3n) is 8.54. The van der Waals surface area contributed by atoms with Gasteiger partial charge in [-0.3, -0.25) is 14.5 Å². The van der Waals surface area contributed by atoms with E-state index in [9.17, 15) is 9.59 Å². The second-order valence-corrected chi connectivity index (χ2v) is 11.6. The van der Waals surface area contributed by atoms with Crippen LogP contribution in [0, 0.1) is 0 Å². The molecular formula is C32H39N7O3. The predicted octanol–water partition coefficient (Wildman–Crippen LogP) is 3.82. The molecule has 3 fully saturated rings. The summed E-state index contributed by atoms with van der Waals surface area (Å²) in [5, 5.41) is 6.49. The number of nitrogens with one attached hydrogen (secondary N) is 2. The molecule has 3 heterocycles. The fourth-order valence-corrected chi connectivity index (χ4v) is 5.87. The van der Waals surface area contributed by atoms with E-state index < -0.39 is 5.91 Å². The standard InChI is InChI=1S/C32H39N7O3/c1-21-27(36-32(41)25-10-8-24(9-11-25)23-6-7-23)3-2-14-39(21)28-19-34-29(30(33)40)31(37-28)35-26-12-4-22(5-13-26)20-38-15-17-42-18-16-38/h4-5,8-13,19,21,23,27H,2-3,6-7,14-18,20H2,1H3,(H2,33,40)(H,35,37)(H,36,41)/t21-,27-/m1/s1. The van der Waals surface area contributed by atoms with Crippen LogP contribution in [-0.2, 0) is 11.3 Å². The molecule has 6 rings (SSSR count). The molecule has 2 atom stereocenters. The summed E-state index contributed by atoms with van der Waals surface area (Å²) in [6, 6.07) is 16.0. The number of piperidine rings is 1. The zero-order chi connectivity index (χ0) is 29.1. The van der Waals surface area contributed by atoms with Gasteiger partial charge >= 0.3 is 0 Å². The lowest BCUT2D eigenvalue weighted by Crippen LogP contribution is -2.54. The van der Waals surface area contributed by atoms with Gasteiger partial charge in [0.15, 0.2) is 11.5 Å². The summed E-state index contributed by atoms with van der Waals surface area (Å²) < 4.78 is 5.44. The summed E-state index contributed by atoms with van der Waals surface area (Å²) in [6.07, 6.45) is 5.83. The van der Waals surface area contributed by atoms with Crippen molar-refractivity contribution in [3.8, 4) is 0 Å². The number of morpholine rings is 1. The minimum absolute atomic E-state index is 0.0190. The van der Waals surface area contributed by atoms with Crippen LogP contribution >= 0.6 is 0 Å². The van der Waals surface area contributed by atoms with Crippen LogP contribution in [-0.4, -0.2) is 71.6 Å². The Labute approximate surface area is 246 Å². The first kappa shape index (κ1) is 28.1. The highest BCUT2D eigenvalue weighted by Crippen LogP contribution is 2.40. The summed E-state index contributed by atoms with van der Waals surface area (Å²) in [4.78, 5) is 39.0. The van der Waals surface area contributed by atoms with Crippen LogP contribution in [0.25, 0.3) is 0 Å². The van der Waals surface area contributed by atoms with Gasteiger partial charge in [0.1, 0.15) is 5.82 Å². The molecule has 1 aromatic heterocycles. The first-order valence-electron chi connectivity index (χ1n) is 14.9. The van der Waals surface area contributed by atoms with Crippen LogP contribution < -0.4 is 21.3 Å². The molecule has 42 heavy (non-hydrogen) atoms. The van der Waals surface area contributed by atoms with Crippen molar-refractivity contribution >= 4 is 29.1 Å². The van der Waals surface area contributed by atoms with Crippen LogP contribution in [0.2, 0.25) is 0 Å². The van der Waals surface area contributed by atoms with Gasteiger partial charge in [-0.15, -0.1) is 0 Å². The molecule has 0 unspecified atom stereocenters. The number of primary amides is 1.